The van der Waals surface area contributed by atoms with E-state index in [1.54, 1.807) is 12.1 Å². The number of benzene rings is 1. The molecule has 21 heavy (non-hydrogen) atoms. The van der Waals surface area contributed by atoms with Gasteiger partial charge in [0.1, 0.15) is 5.82 Å². The van der Waals surface area contributed by atoms with Gasteiger partial charge >= 0.3 is 5.97 Å². The van der Waals surface area contributed by atoms with Crippen molar-refractivity contribution in [1.29, 1.82) is 0 Å². The first-order valence-electron chi connectivity index (χ1n) is 7.32. The van der Waals surface area contributed by atoms with E-state index >= 15 is 0 Å². The van der Waals surface area contributed by atoms with Gasteiger partial charge in [0.05, 0.1) is 13.2 Å². The number of carbonyl (C=O) groups excluding carboxylic acids is 1. The summed E-state index contributed by atoms with van der Waals surface area (Å²) in [7, 11) is 1.35. The van der Waals surface area contributed by atoms with Gasteiger partial charge in [0.25, 0.3) is 0 Å². The standard InChI is InChI=1S/C16H24FNO3/c1-3-4-11-18-14(9-10-15(19)21-2)16(20)12-5-7-13(17)8-6-12/h5-8,14,16,18,20H,3-4,9-11H2,1-2H3. The molecule has 1 aromatic carbocycles. The van der Waals surface area contributed by atoms with Crippen LogP contribution >= 0.6 is 0 Å². The molecule has 0 spiro atoms. The molecule has 118 valence electrons. The Labute approximate surface area is 125 Å². The van der Waals surface area contributed by atoms with Crippen molar-refractivity contribution in [3.63, 3.8) is 0 Å². The third kappa shape index (κ3) is 6.23. The number of carbonyl (C=O) groups is 1. The van der Waals surface area contributed by atoms with Crippen LogP contribution in [0.3, 0.4) is 0 Å². The lowest BCUT2D eigenvalue weighted by molar-refractivity contribution is -0.141. The van der Waals surface area contributed by atoms with Gasteiger partial charge in [-0.15, -0.1) is 0 Å². The maximum Gasteiger partial charge on any atom is 0.305 e. The van der Waals surface area contributed by atoms with Crippen molar-refractivity contribution in [3.8, 4) is 0 Å². The molecule has 1 aromatic rings. The number of esters is 1. The van der Waals surface area contributed by atoms with E-state index < -0.39 is 6.10 Å². The first kappa shape index (κ1) is 17.6. The number of hydrogen-bond donors (Lipinski definition) is 2. The number of aliphatic hydroxyl groups is 1. The Balaban J connectivity index is 2.68. The van der Waals surface area contributed by atoms with Crippen LogP contribution < -0.4 is 5.32 Å². The lowest BCUT2D eigenvalue weighted by Gasteiger charge is -2.24. The highest BCUT2D eigenvalue weighted by molar-refractivity contribution is 5.69. The Morgan fingerprint density at radius 3 is 2.62 bits per heavy atom. The van der Waals surface area contributed by atoms with E-state index in [0.29, 0.717) is 12.0 Å². The average molecular weight is 297 g/mol. The SMILES string of the molecule is CCCCNC(CCC(=O)OC)C(O)c1ccc(F)cc1. The van der Waals surface area contributed by atoms with Gasteiger partial charge in [0.2, 0.25) is 0 Å². The second-order valence-electron chi connectivity index (χ2n) is 5.03. The Kier molecular flexibility index (Phi) is 7.93. The minimum atomic E-state index is -0.785. The van der Waals surface area contributed by atoms with E-state index in [9.17, 15) is 14.3 Å². The van der Waals surface area contributed by atoms with E-state index in [1.165, 1.54) is 19.2 Å². The molecule has 0 aromatic heterocycles. The van der Waals surface area contributed by atoms with Gasteiger partial charge < -0.3 is 15.2 Å². The molecule has 0 aliphatic heterocycles. The molecule has 2 unspecified atom stereocenters. The van der Waals surface area contributed by atoms with Crippen molar-refractivity contribution >= 4 is 5.97 Å². The van der Waals surface area contributed by atoms with E-state index in [2.05, 4.69) is 17.0 Å². The Bertz CT molecular complexity index is 422. The summed E-state index contributed by atoms with van der Waals surface area (Å²) in [6.07, 6.45) is 1.95. The van der Waals surface area contributed by atoms with E-state index in [1.807, 2.05) is 0 Å². The Morgan fingerprint density at radius 1 is 1.38 bits per heavy atom. The van der Waals surface area contributed by atoms with Crippen LogP contribution in [-0.2, 0) is 9.53 Å². The van der Waals surface area contributed by atoms with Gasteiger partial charge in [0.15, 0.2) is 0 Å². The minimum absolute atomic E-state index is 0.235. The molecule has 0 amide bonds. The van der Waals surface area contributed by atoms with Crippen LogP contribution in [0.15, 0.2) is 24.3 Å². The summed E-state index contributed by atoms with van der Waals surface area (Å²) >= 11 is 0. The summed E-state index contributed by atoms with van der Waals surface area (Å²) in [5.74, 6) is -0.639. The molecule has 0 aliphatic rings. The van der Waals surface area contributed by atoms with Crippen LogP contribution in [-0.4, -0.2) is 30.8 Å². The highest BCUT2D eigenvalue weighted by Gasteiger charge is 2.21. The van der Waals surface area contributed by atoms with Crippen LogP contribution in [0.1, 0.15) is 44.3 Å². The molecule has 2 N–H and O–H groups in total. The molecular weight excluding hydrogens is 273 g/mol. The number of rotatable bonds is 9. The zero-order chi connectivity index (χ0) is 15.7. The van der Waals surface area contributed by atoms with Crippen LogP contribution in [0, 0.1) is 5.82 Å². The largest absolute Gasteiger partial charge is 0.469 e. The number of methoxy groups -OCH3 is 1. The molecule has 0 saturated heterocycles. The normalized spacial score (nSPS) is 13.7. The highest BCUT2D eigenvalue weighted by atomic mass is 19.1. The van der Waals surface area contributed by atoms with Gasteiger partial charge in [-0.25, -0.2) is 4.39 Å². The smallest absolute Gasteiger partial charge is 0.305 e. The highest BCUT2D eigenvalue weighted by Crippen LogP contribution is 2.20. The fourth-order valence-corrected chi connectivity index (χ4v) is 2.10. The predicted octanol–water partition coefficient (Wildman–Crippen LogP) is 2.57. The van der Waals surface area contributed by atoms with Crippen molar-refractivity contribution in [1.82, 2.24) is 5.32 Å². The fraction of sp³-hybridized carbons (Fsp3) is 0.562. The molecule has 1 rings (SSSR count). The molecule has 5 heteroatoms. The fourth-order valence-electron chi connectivity index (χ4n) is 2.10. The Morgan fingerprint density at radius 2 is 2.05 bits per heavy atom. The predicted molar refractivity (Wildman–Crippen MR) is 79.3 cm³/mol. The monoisotopic (exact) mass is 297 g/mol. The minimum Gasteiger partial charge on any atom is -0.469 e. The van der Waals surface area contributed by atoms with Crippen LogP contribution in [0.5, 0.6) is 0 Å². The molecule has 0 radical (unpaired) electrons. The average Bonchev–Trinajstić information content (AvgIpc) is 2.50. The van der Waals surface area contributed by atoms with Crippen molar-refractivity contribution < 1.29 is 19.0 Å². The van der Waals surface area contributed by atoms with Crippen molar-refractivity contribution in [3.05, 3.63) is 35.6 Å². The number of nitrogens with one attached hydrogen (secondary N) is 1. The number of halogens is 1. The molecule has 4 nitrogen and oxygen atoms in total. The van der Waals surface area contributed by atoms with Gasteiger partial charge in [-0.05, 0) is 37.1 Å². The second-order valence-corrected chi connectivity index (χ2v) is 5.03. The quantitative estimate of drug-likeness (QED) is 0.543. The zero-order valence-corrected chi connectivity index (χ0v) is 12.6. The summed E-state index contributed by atoms with van der Waals surface area (Å²) in [5, 5.41) is 13.7. The van der Waals surface area contributed by atoms with Crippen molar-refractivity contribution in [2.45, 2.75) is 44.8 Å². The van der Waals surface area contributed by atoms with Gasteiger partial charge in [-0.2, -0.15) is 0 Å². The second kappa shape index (κ2) is 9.47. The third-order valence-electron chi connectivity index (χ3n) is 3.42. The van der Waals surface area contributed by atoms with Gasteiger partial charge in [-0.1, -0.05) is 25.5 Å². The van der Waals surface area contributed by atoms with Crippen molar-refractivity contribution in [2.24, 2.45) is 0 Å². The van der Waals surface area contributed by atoms with Crippen LogP contribution in [0.25, 0.3) is 0 Å². The molecular formula is C16H24FNO3. The number of aliphatic hydroxyl groups excluding tert-OH is 1. The molecule has 0 saturated carbocycles. The van der Waals surface area contributed by atoms with E-state index in [-0.39, 0.29) is 24.2 Å². The molecule has 2 atom stereocenters. The summed E-state index contributed by atoms with van der Waals surface area (Å²) in [4.78, 5) is 11.3. The van der Waals surface area contributed by atoms with Gasteiger partial charge in [0, 0.05) is 12.5 Å². The first-order valence-corrected chi connectivity index (χ1v) is 7.32. The van der Waals surface area contributed by atoms with Crippen LogP contribution in [0.4, 0.5) is 4.39 Å². The van der Waals surface area contributed by atoms with E-state index in [4.69, 9.17) is 0 Å². The molecule has 0 heterocycles. The summed E-state index contributed by atoms with van der Waals surface area (Å²) in [6.45, 7) is 2.85. The summed E-state index contributed by atoms with van der Waals surface area (Å²) in [5.41, 5.74) is 0.635. The molecule has 0 aliphatic carbocycles. The zero-order valence-electron chi connectivity index (χ0n) is 12.6. The maximum atomic E-state index is 12.9. The lowest BCUT2D eigenvalue weighted by Crippen LogP contribution is -2.36. The lowest BCUT2D eigenvalue weighted by atomic mass is 9.98. The molecule has 0 fully saturated rings. The molecule has 0 bridgehead atoms. The summed E-state index contributed by atoms with van der Waals surface area (Å²) in [6, 6.07) is 5.50. The number of unbranched alkanes of at least 4 members (excludes halogenated alkanes) is 1. The maximum absolute atomic E-state index is 12.9. The topological polar surface area (TPSA) is 58.6 Å². The van der Waals surface area contributed by atoms with Crippen LogP contribution in [0.2, 0.25) is 0 Å². The third-order valence-corrected chi connectivity index (χ3v) is 3.42. The van der Waals surface area contributed by atoms with E-state index in [0.717, 1.165) is 19.4 Å². The first-order chi connectivity index (χ1) is 10.1. The van der Waals surface area contributed by atoms with Gasteiger partial charge in [-0.3, -0.25) is 4.79 Å². The van der Waals surface area contributed by atoms with Crippen molar-refractivity contribution in [2.75, 3.05) is 13.7 Å². The summed E-state index contributed by atoms with van der Waals surface area (Å²) < 4.78 is 17.6. The number of ether oxygens (including phenoxy) is 1. The number of hydrogen-bond acceptors (Lipinski definition) is 4. The Hall–Kier alpha value is -1.46.